The molecule has 0 fully saturated rings. The van der Waals surface area contributed by atoms with Gasteiger partial charge in [0.15, 0.2) is 14.1 Å². The number of hydrogen-bond donors (Lipinski definition) is 0. The second-order valence-corrected chi connectivity index (χ2v) is 15.9. The molecule has 3 aromatic rings. The minimum Gasteiger partial charge on any atom is -0.488 e. The van der Waals surface area contributed by atoms with E-state index in [1.54, 1.807) is 6.07 Å². The molecule has 0 amide bonds. The standard InChI is InChI=1S/C31H36O5Si/c1-31(2,3)37(4,5)36-27-19-25(30(33)35-21-23-15-10-7-11-16-23)29(32)28-24(27)17-12-18-26(28)34-20-22-13-8-6-9-14-22/h6-18,25,27H,19-21H2,1-5H3/t25?,27-/m1/s1. The molecule has 0 N–H and O–H groups in total. The molecule has 194 valence electrons. The molecule has 1 aliphatic rings. The van der Waals surface area contributed by atoms with Gasteiger partial charge in [0.1, 0.15) is 24.9 Å². The molecule has 0 radical (unpaired) electrons. The largest absolute Gasteiger partial charge is 0.488 e. The number of hydrogen-bond acceptors (Lipinski definition) is 5. The van der Waals surface area contributed by atoms with Crippen LogP contribution in [0.3, 0.4) is 0 Å². The number of rotatable bonds is 8. The van der Waals surface area contributed by atoms with Crippen molar-refractivity contribution in [2.45, 2.75) is 64.6 Å². The quantitative estimate of drug-likeness (QED) is 0.179. The fraction of sp³-hybridized carbons (Fsp3) is 0.355. The number of benzene rings is 3. The molecule has 0 aromatic heterocycles. The minimum absolute atomic E-state index is 0.0284. The molecule has 3 aromatic carbocycles. The van der Waals surface area contributed by atoms with Gasteiger partial charge in [-0.15, -0.1) is 0 Å². The van der Waals surface area contributed by atoms with Gasteiger partial charge in [-0.3, -0.25) is 9.59 Å². The van der Waals surface area contributed by atoms with E-state index < -0.39 is 26.3 Å². The Kier molecular flexibility index (Phi) is 8.00. The maximum atomic E-state index is 13.8. The lowest BCUT2D eigenvalue weighted by atomic mass is 9.80. The first-order valence-corrected chi connectivity index (χ1v) is 15.7. The van der Waals surface area contributed by atoms with E-state index in [0.29, 0.717) is 17.9 Å². The van der Waals surface area contributed by atoms with Crippen LogP contribution in [0.1, 0.15) is 60.3 Å². The van der Waals surface area contributed by atoms with Crippen LogP contribution in [-0.4, -0.2) is 20.1 Å². The SMILES string of the molecule is CC(C)(C)[Si](C)(C)O[C@@H]1CC(C(=O)OCc2ccccc2)C(=O)c2c(OCc3ccccc3)cccc21. The van der Waals surface area contributed by atoms with Crippen molar-refractivity contribution in [3.8, 4) is 5.75 Å². The zero-order valence-electron chi connectivity index (χ0n) is 22.3. The molecule has 6 heteroatoms. The highest BCUT2D eigenvalue weighted by atomic mass is 28.4. The second kappa shape index (κ2) is 11.0. The van der Waals surface area contributed by atoms with Crippen molar-refractivity contribution in [1.82, 2.24) is 0 Å². The van der Waals surface area contributed by atoms with E-state index in [2.05, 4.69) is 33.9 Å². The van der Waals surface area contributed by atoms with Crippen molar-refractivity contribution in [1.29, 1.82) is 0 Å². The van der Waals surface area contributed by atoms with Crippen molar-refractivity contribution >= 4 is 20.1 Å². The van der Waals surface area contributed by atoms with Crippen molar-refractivity contribution in [3.05, 3.63) is 101 Å². The first kappa shape index (κ1) is 26.8. The maximum absolute atomic E-state index is 13.8. The minimum atomic E-state index is -2.21. The topological polar surface area (TPSA) is 61.8 Å². The van der Waals surface area contributed by atoms with Gasteiger partial charge in [-0.1, -0.05) is 93.6 Å². The van der Waals surface area contributed by atoms with E-state index in [9.17, 15) is 9.59 Å². The summed E-state index contributed by atoms with van der Waals surface area (Å²) in [5.74, 6) is -1.28. The van der Waals surface area contributed by atoms with Gasteiger partial charge < -0.3 is 13.9 Å². The number of Topliss-reactive ketones (excluding diaryl/α,β-unsaturated/α-hetero) is 1. The van der Waals surface area contributed by atoms with Crippen molar-refractivity contribution in [2.75, 3.05) is 0 Å². The van der Waals surface area contributed by atoms with E-state index >= 15 is 0 Å². The molecule has 1 aliphatic carbocycles. The van der Waals surface area contributed by atoms with Crippen LogP contribution in [0, 0.1) is 5.92 Å². The van der Waals surface area contributed by atoms with Crippen LogP contribution in [0.5, 0.6) is 5.75 Å². The molecule has 37 heavy (non-hydrogen) atoms. The first-order valence-electron chi connectivity index (χ1n) is 12.8. The lowest BCUT2D eigenvalue weighted by molar-refractivity contribution is -0.149. The van der Waals surface area contributed by atoms with E-state index in [1.165, 1.54) is 0 Å². The fourth-order valence-electron chi connectivity index (χ4n) is 4.23. The molecule has 4 rings (SSSR count). The Morgan fingerprint density at radius 3 is 2.05 bits per heavy atom. The summed E-state index contributed by atoms with van der Waals surface area (Å²) in [6.45, 7) is 11.3. The van der Waals surface area contributed by atoms with Gasteiger partial charge in [-0.2, -0.15) is 0 Å². The van der Waals surface area contributed by atoms with Gasteiger partial charge in [0.25, 0.3) is 0 Å². The average Bonchev–Trinajstić information content (AvgIpc) is 2.88. The zero-order valence-corrected chi connectivity index (χ0v) is 23.3. The van der Waals surface area contributed by atoms with Gasteiger partial charge in [-0.05, 0) is 47.3 Å². The number of carbonyl (C=O) groups excluding carboxylic acids is 2. The number of fused-ring (bicyclic) bond motifs is 1. The average molecular weight is 517 g/mol. The third kappa shape index (κ3) is 6.20. The Hall–Kier alpha value is -3.22. The monoisotopic (exact) mass is 516 g/mol. The molecule has 1 unspecified atom stereocenters. The summed E-state index contributed by atoms with van der Waals surface area (Å²) in [6, 6.07) is 24.9. The number of ketones is 1. The predicted octanol–water partition coefficient (Wildman–Crippen LogP) is 7.27. The van der Waals surface area contributed by atoms with E-state index in [-0.39, 0.29) is 23.8 Å². The molecule has 0 aliphatic heterocycles. The summed E-state index contributed by atoms with van der Waals surface area (Å²) >= 11 is 0. The van der Waals surface area contributed by atoms with E-state index in [4.69, 9.17) is 13.9 Å². The summed E-state index contributed by atoms with van der Waals surface area (Å²) < 4.78 is 18.6. The summed E-state index contributed by atoms with van der Waals surface area (Å²) in [4.78, 5) is 27.0. The lowest BCUT2D eigenvalue weighted by Crippen LogP contribution is -2.44. The zero-order chi connectivity index (χ0) is 26.6. The molecule has 0 saturated heterocycles. The van der Waals surface area contributed by atoms with Gasteiger partial charge in [-0.25, -0.2) is 0 Å². The van der Waals surface area contributed by atoms with Crippen molar-refractivity contribution in [2.24, 2.45) is 5.92 Å². The Balaban J connectivity index is 1.65. The Morgan fingerprint density at radius 2 is 1.46 bits per heavy atom. The van der Waals surface area contributed by atoms with Gasteiger partial charge in [0, 0.05) is 0 Å². The highest BCUT2D eigenvalue weighted by Crippen LogP contribution is 2.46. The summed E-state index contributed by atoms with van der Waals surface area (Å²) in [5, 5.41) is -0.0284. The third-order valence-corrected chi connectivity index (χ3v) is 11.9. The number of carbonyl (C=O) groups is 2. The Labute approximate surface area is 220 Å². The Bertz CT molecular complexity index is 1230. The summed E-state index contributed by atoms with van der Waals surface area (Å²) in [7, 11) is -2.21. The molecule has 2 atom stereocenters. The van der Waals surface area contributed by atoms with Crippen LogP contribution in [0.4, 0.5) is 0 Å². The van der Waals surface area contributed by atoms with Crippen LogP contribution >= 0.6 is 0 Å². The molecular formula is C31H36O5Si. The fourth-order valence-corrected chi connectivity index (χ4v) is 5.52. The normalized spacial score (nSPS) is 17.7. The Morgan fingerprint density at radius 1 is 0.865 bits per heavy atom. The predicted molar refractivity (Wildman–Crippen MR) is 147 cm³/mol. The van der Waals surface area contributed by atoms with E-state index in [0.717, 1.165) is 16.7 Å². The molecule has 0 spiro atoms. The van der Waals surface area contributed by atoms with Gasteiger partial charge in [0.2, 0.25) is 0 Å². The van der Waals surface area contributed by atoms with Crippen LogP contribution < -0.4 is 4.74 Å². The van der Waals surface area contributed by atoms with Crippen molar-refractivity contribution in [3.63, 3.8) is 0 Å². The molecule has 5 nitrogen and oxygen atoms in total. The van der Waals surface area contributed by atoms with Crippen LogP contribution in [-0.2, 0) is 27.2 Å². The van der Waals surface area contributed by atoms with Gasteiger partial charge in [0.05, 0.1) is 11.7 Å². The van der Waals surface area contributed by atoms with Crippen molar-refractivity contribution < 1.29 is 23.5 Å². The van der Waals surface area contributed by atoms with E-state index in [1.807, 2.05) is 72.8 Å². The van der Waals surface area contributed by atoms with Crippen LogP contribution in [0.2, 0.25) is 18.1 Å². The molecule has 0 bridgehead atoms. The second-order valence-electron chi connectivity index (χ2n) is 11.1. The summed E-state index contributed by atoms with van der Waals surface area (Å²) in [5.41, 5.74) is 3.08. The van der Waals surface area contributed by atoms with Gasteiger partial charge >= 0.3 is 5.97 Å². The van der Waals surface area contributed by atoms with Crippen LogP contribution in [0.25, 0.3) is 0 Å². The lowest BCUT2D eigenvalue weighted by Gasteiger charge is -2.41. The number of esters is 1. The number of ether oxygens (including phenoxy) is 2. The molecular weight excluding hydrogens is 480 g/mol. The highest BCUT2D eigenvalue weighted by molar-refractivity contribution is 6.74. The molecule has 0 saturated carbocycles. The highest BCUT2D eigenvalue weighted by Gasteiger charge is 2.46. The maximum Gasteiger partial charge on any atom is 0.317 e. The summed E-state index contributed by atoms with van der Waals surface area (Å²) in [6.07, 6.45) is -0.142. The van der Waals surface area contributed by atoms with Crippen LogP contribution in [0.15, 0.2) is 78.9 Å². The molecule has 0 heterocycles. The third-order valence-electron chi connectivity index (χ3n) is 7.41. The smallest absolute Gasteiger partial charge is 0.317 e. The first-order chi connectivity index (χ1) is 17.6.